The zero-order valence-electron chi connectivity index (χ0n) is 17.5. The van der Waals surface area contributed by atoms with Crippen molar-refractivity contribution in [2.75, 3.05) is 0 Å². The fraction of sp³-hybridized carbons (Fsp3) is 0.381. The van der Waals surface area contributed by atoms with Crippen LogP contribution in [0.4, 0.5) is 17.2 Å². The van der Waals surface area contributed by atoms with E-state index in [0.717, 1.165) is 5.69 Å². The van der Waals surface area contributed by atoms with Gasteiger partial charge < -0.3 is 5.11 Å². The van der Waals surface area contributed by atoms with Gasteiger partial charge in [0, 0.05) is 5.41 Å². The molecule has 0 aliphatic carbocycles. The highest BCUT2D eigenvalue weighted by Gasteiger charge is 2.29. The van der Waals surface area contributed by atoms with Crippen molar-refractivity contribution in [2.45, 2.75) is 52.4 Å². The Hall–Kier alpha value is -3.47. The first kappa shape index (κ1) is 20.3. The molecule has 0 atom stereocenters. The number of rotatable bonds is 3. The molecule has 0 unspecified atom stereocenters. The van der Waals surface area contributed by atoms with Gasteiger partial charge in [0.1, 0.15) is 0 Å². The second-order valence-corrected chi connectivity index (χ2v) is 8.85. The molecule has 2 N–H and O–H groups in total. The molecule has 0 radical (unpaired) electrons. The molecule has 8 heteroatoms. The van der Waals surface area contributed by atoms with Crippen LogP contribution < -0.4 is 0 Å². The molecular formula is C21H25N7O. The predicted octanol–water partition coefficient (Wildman–Crippen LogP) is 5.86. The Balaban J connectivity index is 2.12. The lowest BCUT2D eigenvalue weighted by atomic mass is 9.91. The minimum absolute atomic E-state index is 0.107. The Morgan fingerprint density at radius 1 is 1.00 bits per heavy atom. The lowest BCUT2D eigenvalue weighted by Crippen LogP contribution is -2.13. The van der Waals surface area contributed by atoms with Crippen LogP contribution >= 0.6 is 0 Å². The molecule has 2 heterocycles. The highest BCUT2D eigenvalue weighted by molar-refractivity contribution is 5.67. The number of hydrogen-bond acceptors (Lipinski definition) is 5. The summed E-state index contributed by atoms with van der Waals surface area (Å²) in [6.45, 7) is 19.4. The van der Waals surface area contributed by atoms with E-state index in [4.69, 9.17) is 6.57 Å². The minimum Gasteiger partial charge on any atom is -0.492 e. The number of hydrogen-bond donors (Lipinski definition) is 2. The standard InChI is InChI=1S/C21H25N7O/c1-20(2,3)16-14(22-7)18(26-24-16)25-23-15-17(21(4,5)6)27-28(19(15)29)13-11-9-8-10-12-13/h8-12,29H,1-6H3,(H,24,26)/b25-23+. The van der Waals surface area contributed by atoms with Crippen LogP contribution in [0.3, 0.4) is 0 Å². The van der Waals surface area contributed by atoms with Gasteiger partial charge in [-0.1, -0.05) is 59.7 Å². The molecule has 0 fully saturated rings. The van der Waals surface area contributed by atoms with Crippen molar-refractivity contribution in [1.82, 2.24) is 20.0 Å². The van der Waals surface area contributed by atoms with Crippen molar-refractivity contribution in [3.8, 4) is 11.6 Å². The zero-order valence-corrected chi connectivity index (χ0v) is 17.5. The summed E-state index contributed by atoms with van der Waals surface area (Å²) in [7, 11) is 0. The number of aromatic amines is 1. The molecule has 150 valence electrons. The third kappa shape index (κ3) is 3.90. The normalized spacial score (nSPS) is 12.4. The molecule has 0 bridgehead atoms. The molecule has 0 aliphatic heterocycles. The van der Waals surface area contributed by atoms with Crippen molar-refractivity contribution in [1.29, 1.82) is 0 Å². The topological polar surface area (TPSA) is 95.8 Å². The first-order chi connectivity index (χ1) is 13.5. The van der Waals surface area contributed by atoms with E-state index in [1.807, 2.05) is 71.9 Å². The average molecular weight is 391 g/mol. The van der Waals surface area contributed by atoms with Crippen molar-refractivity contribution in [3.05, 3.63) is 53.1 Å². The Morgan fingerprint density at radius 2 is 1.62 bits per heavy atom. The van der Waals surface area contributed by atoms with Crippen LogP contribution in [0.25, 0.3) is 10.5 Å². The second kappa shape index (κ2) is 7.17. The van der Waals surface area contributed by atoms with Gasteiger partial charge in [-0.2, -0.15) is 14.9 Å². The van der Waals surface area contributed by atoms with Gasteiger partial charge in [-0.05, 0) is 17.5 Å². The molecule has 0 saturated carbocycles. The summed E-state index contributed by atoms with van der Waals surface area (Å²) in [6, 6.07) is 9.33. The Morgan fingerprint density at radius 3 is 2.17 bits per heavy atom. The largest absolute Gasteiger partial charge is 0.492 e. The summed E-state index contributed by atoms with van der Waals surface area (Å²) in [5, 5.41) is 30.9. The summed E-state index contributed by atoms with van der Waals surface area (Å²) in [5.41, 5.74) is 1.86. The van der Waals surface area contributed by atoms with Gasteiger partial charge in [0.05, 0.1) is 23.6 Å². The summed E-state index contributed by atoms with van der Waals surface area (Å²) in [5.74, 6) is 0.154. The molecule has 29 heavy (non-hydrogen) atoms. The highest BCUT2D eigenvalue weighted by Crippen LogP contribution is 2.42. The second-order valence-electron chi connectivity index (χ2n) is 8.85. The van der Waals surface area contributed by atoms with Crippen LogP contribution in [0.15, 0.2) is 40.6 Å². The number of azo groups is 1. The number of para-hydroxylation sites is 1. The molecule has 0 amide bonds. The maximum Gasteiger partial charge on any atom is 0.255 e. The third-order valence-electron chi connectivity index (χ3n) is 4.34. The molecule has 2 aromatic heterocycles. The molecule has 8 nitrogen and oxygen atoms in total. The van der Waals surface area contributed by atoms with Gasteiger partial charge in [-0.3, -0.25) is 5.10 Å². The van der Waals surface area contributed by atoms with E-state index in [9.17, 15) is 5.11 Å². The number of aromatic nitrogens is 4. The fourth-order valence-electron chi connectivity index (χ4n) is 2.87. The number of benzene rings is 1. The van der Waals surface area contributed by atoms with Crippen molar-refractivity contribution < 1.29 is 5.11 Å². The smallest absolute Gasteiger partial charge is 0.255 e. The van der Waals surface area contributed by atoms with Gasteiger partial charge in [-0.15, -0.1) is 10.2 Å². The van der Waals surface area contributed by atoms with Crippen LogP contribution in [-0.2, 0) is 10.8 Å². The quantitative estimate of drug-likeness (QED) is 0.432. The van der Waals surface area contributed by atoms with E-state index in [2.05, 4.69) is 30.4 Å². The van der Waals surface area contributed by atoms with Crippen LogP contribution in [0, 0.1) is 6.57 Å². The van der Waals surface area contributed by atoms with Gasteiger partial charge in [0.25, 0.3) is 5.69 Å². The third-order valence-corrected chi connectivity index (χ3v) is 4.34. The first-order valence-electron chi connectivity index (χ1n) is 9.30. The minimum atomic E-state index is -0.376. The summed E-state index contributed by atoms with van der Waals surface area (Å²) in [6.07, 6.45) is 0. The fourth-order valence-corrected chi connectivity index (χ4v) is 2.87. The van der Waals surface area contributed by atoms with Crippen LogP contribution in [0.1, 0.15) is 52.9 Å². The SMILES string of the molecule is [C-]#[N+]c1c(C(C)(C)C)n[nH]c1/N=N/c1c(C(C)(C)C)nn(-c2ccccc2)c1O. The van der Waals surface area contributed by atoms with E-state index >= 15 is 0 Å². The van der Waals surface area contributed by atoms with E-state index in [1.165, 1.54) is 4.68 Å². The number of nitrogens with zero attached hydrogens (tertiary/aromatic N) is 6. The number of H-pyrrole nitrogens is 1. The van der Waals surface area contributed by atoms with E-state index in [0.29, 0.717) is 17.1 Å². The average Bonchev–Trinajstić information content (AvgIpc) is 3.21. The monoisotopic (exact) mass is 391 g/mol. The van der Waals surface area contributed by atoms with Crippen molar-refractivity contribution in [3.63, 3.8) is 0 Å². The molecule has 1 aromatic carbocycles. The van der Waals surface area contributed by atoms with Crippen LogP contribution in [0.2, 0.25) is 0 Å². The van der Waals surface area contributed by atoms with E-state index in [-0.39, 0.29) is 28.2 Å². The molecule has 0 saturated heterocycles. The molecule has 3 aromatic rings. The van der Waals surface area contributed by atoms with Gasteiger partial charge in [0.15, 0.2) is 11.5 Å². The predicted molar refractivity (Wildman–Crippen MR) is 112 cm³/mol. The Bertz CT molecular complexity index is 1090. The maximum atomic E-state index is 10.8. The van der Waals surface area contributed by atoms with Crippen molar-refractivity contribution in [2.24, 2.45) is 10.2 Å². The van der Waals surface area contributed by atoms with Gasteiger partial charge >= 0.3 is 0 Å². The summed E-state index contributed by atoms with van der Waals surface area (Å²) >= 11 is 0. The molecule has 0 aliphatic rings. The summed E-state index contributed by atoms with van der Waals surface area (Å²) in [4.78, 5) is 3.57. The Labute approximate surface area is 170 Å². The lowest BCUT2D eigenvalue weighted by Gasteiger charge is -2.15. The number of nitrogens with one attached hydrogen (secondary N) is 1. The van der Waals surface area contributed by atoms with E-state index in [1.54, 1.807) is 0 Å². The molecule has 3 rings (SSSR count). The Kier molecular flexibility index (Phi) is 5.01. The van der Waals surface area contributed by atoms with E-state index < -0.39 is 0 Å². The van der Waals surface area contributed by atoms with Crippen molar-refractivity contribution >= 4 is 17.2 Å². The van der Waals surface area contributed by atoms with Crippen LogP contribution in [0.5, 0.6) is 5.88 Å². The highest BCUT2D eigenvalue weighted by atomic mass is 16.3. The first-order valence-corrected chi connectivity index (χ1v) is 9.30. The molecular weight excluding hydrogens is 366 g/mol. The van der Waals surface area contributed by atoms with Gasteiger partial charge in [0.2, 0.25) is 5.88 Å². The maximum absolute atomic E-state index is 10.8. The zero-order chi connectivity index (χ0) is 21.4. The van der Waals surface area contributed by atoms with Crippen LogP contribution in [-0.4, -0.2) is 25.1 Å². The van der Waals surface area contributed by atoms with Gasteiger partial charge in [-0.25, -0.2) is 4.85 Å². The molecule has 0 spiro atoms. The lowest BCUT2D eigenvalue weighted by molar-refractivity contribution is 0.434. The number of aromatic hydroxyl groups is 1. The summed E-state index contributed by atoms with van der Waals surface area (Å²) < 4.78 is 1.44.